The molecule has 0 radical (unpaired) electrons. The summed E-state index contributed by atoms with van der Waals surface area (Å²) in [4.78, 5) is 2.47. The third-order valence-corrected chi connectivity index (χ3v) is 4.25. The highest BCUT2D eigenvalue weighted by atomic mass is 16.5. The summed E-state index contributed by atoms with van der Waals surface area (Å²) in [5.74, 6) is 1.80. The Morgan fingerprint density at radius 1 is 1.37 bits per heavy atom. The maximum absolute atomic E-state index is 6.14. The van der Waals surface area contributed by atoms with Crippen molar-refractivity contribution >= 4 is 5.69 Å². The van der Waals surface area contributed by atoms with Crippen molar-refractivity contribution in [3.8, 4) is 5.75 Å². The van der Waals surface area contributed by atoms with Gasteiger partial charge in [-0.25, -0.2) is 0 Å². The van der Waals surface area contributed by atoms with Gasteiger partial charge < -0.3 is 15.4 Å². The molecule has 3 heteroatoms. The molecule has 0 spiro atoms. The molecule has 106 valence electrons. The van der Waals surface area contributed by atoms with E-state index in [9.17, 15) is 0 Å². The Balaban J connectivity index is 2.25. The van der Waals surface area contributed by atoms with E-state index < -0.39 is 0 Å². The molecule has 1 aromatic carbocycles. The van der Waals surface area contributed by atoms with Crippen LogP contribution in [0.4, 0.5) is 5.69 Å². The minimum Gasteiger partial charge on any atom is -0.496 e. The summed E-state index contributed by atoms with van der Waals surface area (Å²) in [5, 5.41) is 0. The molecule has 1 aliphatic rings. The van der Waals surface area contributed by atoms with Gasteiger partial charge in [0.1, 0.15) is 5.75 Å². The average molecular weight is 262 g/mol. The van der Waals surface area contributed by atoms with Crippen molar-refractivity contribution in [1.82, 2.24) is 0 Å². The number of methoxy groups -OCH3 is 1. The zero-order valence-electron chi connectivity index (χ0n) is 12.4. The van der Waals surface area contributed by atoms with Crippen LogP contribution >= 0.6 is 0 Å². The number of hydrogen-bond acceptors (Lipinski definition) is 3. The summed E-state index contributed by atoms with van der Waals surface area (Å²) >= 11 is 0. The fraction of sp³-hybridized carbons (Fsp3) is 0.625. The Hall–Kier alpha value is -1.22. The monoisotopic (exact) mass is 262 g/mol. The summed E-state index contributed by atoms with van der Waals surface area (Å²) in [6, 6.07) is 6.23. The number of benzene rings is 1. The van der Waals surface area contributed by atoms with Gasteiger partial charge in [-0.05, 0) is 37.8 Å². The smallest absolute Gasteiger partial charge is 0.125 e. The quantitative estimate of drug-likeness (QED) is 0.904. The highest BCUT2D eigenvalue weighted by molar-refractivity contribution is 5.61. The lowest BCUT2D eigenvalue weighted by atomic mass is 9.93. The van der Waals surface area contributed by atoms with Gasteiger partial charge in [-0.15, -0.1) is 0 Å². The largest absolute Gasteiger partial charge is 0.496 e. The van der Waals surface area contributed by atoms with Crippen molar-refractivity contribution in [2.75, 3.05) is 25.1 Å². The summed E-state index contributed by atoms with van der Waals surface area (Å²) in [7, 11) is 1.72. The Morgan fingerprint density at radius 2 is 2.05 bits per heavy atom. The fourth-order valence-corrected chi connectivity index (χ4v) is 3.03. The zero-order valence-corrected chi connectivity index (χ0v) is 12.4. The molecule has 0 aromatic heterocycles. The predicted molar refractivity (Wildman–Crippen MR) is 80.8 cm³/mol. The van der Waals surface area contributed by atoms with E-state index in [1.165, 1.54) is 24.9 Å². The number of nitrogens with zero attached hydrogens (tertiary/aromatic N) is 1. The van der Waals surface area contributed by atoms with Crippen molar-refractivity contribution in [1.29, 1.82) is 0 Å². The molecule has 2 N–H and O–H groups in total. The van der Waals surface area contributed by atoms with Crippen molar-refractivity contribution in [2.24, 2.45) is 11.7 Å². The van der Waals surface area contributed by atoms with Crippen LogP contribution in [0, 0.1) is 5.92 Å². The van der Waals surface area contributed by atoms with Crippen molar-refractivity contribution in [3.63, 3.8) is 0 Å². The van der Waals surface area contributed by atoms with Crippen molar-refractivity contribution in [3.05, 3.63) is 23.8 Å². The Bertz CT molecular complexity index is 409. The Kier molecular flexibility index (Phi) is 4.70. The van der Waals surface area contributed by atoms with Crippen LogP contribution in [0.25, 0.3) is 0 Å². The molecule has 0 aliphatic carbocycles. The first-order valence-electron chi connectivity index (χ1n) is 7.34. The summed E-state index contributed by atoms with van der Waals surface area (Å²) in [6.07, 6.45) is 3.87. The van der Waals surface area contributed by atoms with Crippen LogP contribution in [0.1, 0.15) is 44.7 Å². The van der Waals surface area contributed by atoms with Gasteiger partial charge in [0.2, 0.25) is 0 Å². The Labute approximate surface area is 116 Å². The van der Waals surface area contributed by atoms with E-state index in [4.69, 9.17) is 10.5 Å². The van der Waals surface area contributed by atoms with E-state index in [2.05, 4.69) is 24.0 Å². The predicted octanol–water partition coefficient (Wildman–Crippen LogP) is 3.34. The van der Waals surface area contributed by atoms with Crippen LogP contribution in [0.3, 0.4) is 0 Å². The van der Waals surface area contributed by atoms with Crippen LogP contribution < -0.4 is 15.4 Å². The van der Waals surface area contributed by atoms with Gasteiger partial charge in [0.05, 0.1) is 7.11 Å². The lowest BCUT2D eigenvalue weighted by Gasteiger charge is -2.35. The minimum atomic E-state index is -0.00458. The standard InChI is InChI=1S/C16H26N2O/c1-4-13-8-10-18(11-9-13)14-6-5-7-15(19-3)16(14)12(2)17/h5-7,12-13H,4,8-11,17H2,1-3H3/t12-/m1/s1. The number of rotatable bonds is 4. The fourth-order valence-electron chi connectivity index (χ4n) is 3.03. The zero-order chi connectivity index (χ0) is 13.8. The van der Waals surface area contributed by atoms with Gasteiger partial charge in [0.15, 0.2) is 0 Å². The summed E-state index contributed by atoms with van der Waals surface area (Å²) in [6.45, 7) is 6.58. The second-order valence-corrected chi connectivity index (χ2v) is 5.52. The molecule has 19 heavy (non-hydrogen) atoms. The molecule has 1 heterocycles. The number of hydrogen-bond donors (Lipinski definition) is 1. The van der Waals surface area contributed by atoms with Crippen LogP contribution in [0.5, 0.6) is 5.75 Å². The third kappa shape index (κ3) is 3.03. The van der Waals surface area contributed by atoms with Gasteiger partial charge in [0, 0.05) is 30.4 Å². The van der Waals surface area contributed by atoms with Crippen LogP contribution in [-0.4, -0.2) is 20.2 Å². The SMILES string of the molecule is CCC1CCN(c2cccc(OC)c2[C@@H](C)N)CC1. The van der Waals surface area contributed by atoms with Crippen LogP contribution in [0.15, 0.2) is 18.2 Å². The van der Waals surface area contributed by atoms with Crippen molar-refractivity contribution < 1.29 is 4.74 Å². The lowest BCUT2D eigenvalue weighted by Crippen LogP contribution is -2.34. The van der Waals surface area contributed by atoms with E-state index >= 15 is 0 Å². The second kappa shape index (κ2) is 6.29. The maximum Gasteiger partial charge on any atom is 0.125 e. The topological polar surface area (TPSA) is 38.5 Å². The lowest BCUT2D eigenvalue weighted by molar-refractivity contribution is 0.391. The van der Waals surface area contributed by atoms with Crippen LogP contribution in [-0.2, 0) is 0 Å². The summed E-state index contributed by atoms with van der Waals surface area (Å²) in [5.41, 5.74) is 8.54. The molecule has 0 saturated carbocycles. The van der Waals surface area contributed by atoms with Gasteiger partial charge >= 0.3 is 0 Å². The number of ether oxygens (including phenoxy) is 1. The number of nitrogens with two attached hydrogens (primary N) is 1. The molecule has 1 atom stereocenters. The number of piperidine rings is 1. The van der Waals surface area contributed by atoms with Crippen LogP contribution in [0.2, 0.25) is 0 Å². The normalized spacial score (nSPS) is 18.4. The first-order chi connectivity index (χ1) is 9.17. The van der Waals surface area contributed by atoms with E-state index in [0.29, 0.717) is 0 Å². The highest BCUT2D eigenvalue weighted by Crippen LogP contribution is 2.35. The molecule has 1 saturated heterocycles. The molecule has 1 aromatic rings. The molecule has 2 rings (SSSR count). The highest BCUT2D eigenvalue weighted by Gasteiger charge is 2.22. The first-order valence-corrected chi connectivity index (χ1v) is 7.34. The molecule has 3 nitrogen and oxygen atoms in total. The molecular weight excluding hydrogens is 236 g/mol. The van der Waals surface area contributed by atoms with Gasteiger partial charge in [-0.3, -0.25) is 0 Å². The van der Waals surface area contributed by atoms with Gasteiger partial charge in [-0.1, -0.05) is 19.4 Å². The molecule has 0 unspecified atom stereocenters. The van der Waals surface area contributed by atoms with Gasteiger partial charge in [0.25, 0.3) is 0 Å². The first kappa shape index (κ1) is 14.2. The molecule has 0 amide bonds. The molecule has 0 bridgehead atoms. The van der Waals surface area contributed by atoms with Gasteiger partial charge in [-0.2, -0.15) is 0 Å². The maximum atomic E-state index is 6.14. The van der Waals surface area contributed by atoms with E-state index in [0.717, 1.165) is 30.3 Å². The Morgan fingerprint density at radius 3 is 2.58 bits per heavy atom. The average Bonchev–Trinajstić information content (AvgIpc) is 2.46. The molecule has 1 fully saturated rings. The molecule has 1 aliphatic heterocycles. The minimum absolute atomic E-state index is 0.00458. The third-order valence-electron chi connectivity index (χ3n) is 4.25. The van der Waals surface area contributed by atoms with E-state index in [1.807, 2.05) is 13.0 Å². The molecular formula is C16H26N2O. The summed E-state index contributed by atoms with van der Waals surface area (Å²) < 4.78 is 5.47. The van der Waals surface area contributed by atoms with Crippen molar-refractivity contribution in [2.45, 2.75) is 39.2 Å². The van der Waals surface area contributed by atoms with E-state index in [-0.39, 0.29) is 6.04 Å². The van der Waals surface area contributed by atoms with E-state index in [1.54, 1.807) is 7.11 Å². The number of anilines is 1. The second-order valence-electron chi connectivity index (χ2n) is 5.52.